The van der Waals surface area contributed by atoms with E-state index in [1.165, 1.54) is 36.7 Å². The van der Waals surface area contributed by atoms with Crippen LogP contribution in [0.2, 0.25) is 0 Å². The minimum atomic E-state index is -3.77. The number of hydrogen-bond acceptors (Lipinski definition) is 7. The molecule has 1 aromatic heterocycles. The molecule has 0 spiro atoms. The first-order chi connectivity index (χ1) is 10.1. The summed E-state index contributed by atoms with van der Waals surface area (Å²) in [5.74, 6) is 0.431. The highest BCUT2D eigenvalue weighted by Crippen LogP contribution is 2.17. The smallest absolute Gasteiger partial charge is 0.264 e. The van der Waals surface area contributed by atoms with E-state index in [2.05, 4.69) is 19.9 Å². The molecule has 0 bridgehead atoms. The van der Waals surface area contributed by atoms with Crippen LogP contribution < -0.4 is 9.46 Å². The van der Waals surface area contributed by atoms with Crippen LogP contribution in [0.15, 0.2) is 41.6 Å². The van der Waals surface area contributed by atoms with Gasteiger partial charge in [0, 0.05) is 13.0 Å². The minimum Gasteiger partial charge on any atom is -0.494 e. The molecule has 1 heterocycles. The molecule has 0 saturated heterocycles. The van der Waals surface area contributed by atoms with Crippen molar-refractivity contribution in [3.05, 3.63) is 36.7 Å². The SMILES string of the molecule is O=S(=O)(Nc1nccnn1)c1ccc(OCCCO)cc1. The Balaban J connectivity index is 2.06. The van der Waals surface area contributed by atoms with E-state index < -0.39 is 10.0 Å². The minimum absolute atomic E-state index is 0.0431. The molecule has 21 heavy (non-hydrogen) atoms. The Kier molecular flexibility index (Phi) is 5.01. The second-order valence-electron chi connectivity index (χ2n) is 3.97. The third kappa shape index (κ3) is 4.36. The van der Waals surface area contributed by atoms with Crippen LogP contribution in [0.1, 0.15) is 6.42 Å². The summed E-state index contributed by atoms with van der Waals surface area (Å²) in [4.78, 5) is 3.80. The first-order valence-corrected chi connectivity index (χ1v) is 7.60. The van der Waals surface area contributed by atoms with E-state index in [0.717, 1.165) is 0 Å². The molecule has 0 unspecified atom stereocenters. The summed E-state index contributed by atoms with van der Waals surface area (Å²) >= 11 is 0. The second-order valence-corrected chi connectivity index (χ2v) is 5.65. The standard InChI is InChI=1S/C12H14N4O4S/c17-8-1-9-20-10-2-4-11(5-3-10)21(18,19)16-12-13-6-7-14-15-12/h2-7,17H,1,8-9H2,(H,13,15,16). The average molecular weight is 310 g/mol. The summed E-state index contributed by atoms with van der Waals surface area (Å²) in [6.07, 6.45) is 3.19. The zero-order chi connectivity index (χ0) is 15.1. The van der Waals surface area contributed by atoms with Crippen molar-refractivity contribution in [1.29, 1.82) is 0 Å². The Morgan fingerprint density at radius 1 is 1.19 bits per heavy atom. The van der Waals surface area contributed by atoms with E-state index in [1.807, 2.05) is 0 Å². The van der Waals surface area contributed by atoms with Gasteiger partial charge in [-0.15, -0.1) is 5.10 Å². The third-order valence-corrected chi connectivity index (χ3v) is 3.76. The van der Waals surface area contributed by atoms with Crippen LogP contribution in [0.25, 0.3) is 0 Å². The molecule has 0 aliphatic heterocycles. The van der Waals surface area contributed by atoms with Crippen molar-refractivity contribution in [3.63, 3.8) is 0 Å². The van der Waals surface area contributed by atoms with Crippen LogP contribution in [0, 0.1) is 0 Å². The summed E-state index contributed by atoms with van der Waals surface area (Å²) in [6.45, 7) is 0.409. The molecule has 0 saturated carbocycles. The van der Waals surface area contributed by atoms with E-state index in [0.29, 0.717) is 18.8 Å². The predicted molar refractivity (Wildman–Crippen MR) is 74.3 cm³/mol. The van der Waals surface area contributed by atoms with Crippen molar-refractivity contribution in [2.24, 2.45) is 0 Å². The van der Waals surface area contributed by atoms with Gasteiger partial charge in [0.05, 0.1) is 23.9 Å². The Labute approximate surface area is 121 Å². The molecule has 2 aromatic rings. The molecular weight excluding hydrogens is 296 g/mol. The molecule has 0 atom stereocenters. The van der Waals surface area contributed by atoms with E-state index in [1.54, 1.807) is 0 Å². The number of aromatic nitrogens is 3. The first-order valence-electron chi connectivity index (χ1n) is 6.12. The molecule has 2 rings (SSSR count). The molecular formula is C12H14N4O4S. The lowest BCUT2D eigenvalue weighted by Crippen LogP contribution is -2.15. The Morgan fingerprint density at radius 2 is 1.95 bits per heavy atom. The van der Waals surface area contributed by atoms with E-state index in [9.17, 15) is 8.42 Å². The summed E-state index contributed by atoms with van der Waals surface area (Å²) in [6, 6.07) is 5.89. The monoisotopic (exact) mass is 310 g/mol. The fourth-order valence-electron chi connectivity index (χ4n) is 1.44. The van der Waals surface area contributed by atoms with Crippen molar-refractivity contribution in [3.8, 4) is 5.75 Å². The maximum atomic E-state index is 12.1. The number of sulfonamides is 1. The lowest BCUT2D eigenvalue weighted by Gasteiger charge is -2.08. The summed E-state index contributed by atoms with van der Waals surface area (Å²) in [5.41, 5.74) is 0. The van der Waals surface area contributed by atoms with E-state index >= 15 is 0 Å². The molecule has 0 aliphatic rings. The second kappa shape index (κ2) is 6.95. The number of rotatable bonds is 7. The van der Waals surface area contributed by atoms with Gasteiger partial charge in [0.25, 0.3) is 16.0 Å². The topological polar surface area (TPSA) is 114 Å². The van der Waals surface area contributed by atoms with Crippen molar-refractivity contribution < 1.29 is 18.3 Å². The molecule has 1 aromatic carbocycles. The maximum absolute atomic E-state index is 12.1. The van der Waals surface area contributed by atoms with E-state index in [-0.39, 0.29) is 17.5 Å². The van der Waals surface area contributed by atoms with Gasteiger partial charge in [-0.3, -0.25) is 0 Å². The Morgan fingerprint density at radius 3 is 2.57 bits per heavy atom. The Bertz CT molecular complexity index is 661. The number of aliphatic hydroxyl groups excluding tert-OH is 1. The van der Waals surface area contributed by atoms with Crippen LogP contribution in [-0.4, -0.2) is 41.9 Å². The number of nitrogens with one attached hydrogen (secondary N) is 1. The van der Waals surface area contributed by atoms with Crippen molar-refractivity contribution in [2.45, 2.75) is 11.3 Å². The van der Waals surface area contributed by atoms with Crippen LogP contribution >= 0.6 is 0 Å². The Hall–Kier alpha value is -2.26. The van der Waals surface area contributed by atoms with Crippen LogP contribution in [0.4, 0.5) is 5.95 Å². The fourth-order valence-corrected chi connectivity index (χ4v) is 2.39. The zero-order valence-electron chi connectivity index (χ0n) is 11.0. The summed E-state index contributed by atoms with van der Waals surface area (Å²) in [7, 11) is -3.77. The van der Waals surface area contributed by atoms with Crippen molar-refractivity contribution in [2.75, 3.05) is 17.9 Å². The molecule has 112 valence electrons. The van der Waals surface area contributed by atoms with E-state index in [4.69, 9.17) is 9.84 Å². The van der Waals surface area contributed by atoms with Gasteiger partial charge in [0.2, 0.25) is 0 Å². The van der Waals surface area contributed by atoms with Crippen molar-refractivity contribution >= 4 is 16.0 Å². The predicted octanol–water partition coefficient (Wildman–Crippen LogP) is 0.434. The zero-order valence-corrected chi connectivity index (χ0v) is 11.8. The largest absolute Gasteiger partial charge is 0.494 e. The molecule has 8 nitrogen and oxygen atoms in total. The summed E-state index contributed by atoms with van der Waals surface area (Å²) in [5, 5.41) is 15.7. The van der Waals surface area contributed by atoms with Gasteiger partial charge in [-0.05, 0) is 24.3 Å². The number of nitrogens with zero attached hydrogens (tertiary/aromatic N) is 3. The highest BCUT2D eigenvalue weighted by molar-refractivity contribution is 7.92. The summed E-state index contributed by atoms with van der Waals surface area (Å²) < 4.78 is 31.7. The van der Waals surface area contributed by atoms with Crippen LogP contribution in [0.5, 0.6) is 5.75 Å². The van der Waals surface area contributed by atoms with Gasteiger partial charge >= 0.3 is 0 Å². The number of ether oxygens (including phenoxy) is 1. The molecule has 0 amide bonds. The molecule has 0 radical (unpaired) electrons. The first kappa shape index (κ1) is 15.1. The lowest BCUT2D eigenvalue weighted by atomic mass is 10.3. The highest BCUT2D eigenvalue weighted by Gasteiger charge is 2.15. The van der Waals surface area contributed by atoms with Crippen LogP contribution in [-0.2, 0) is 10.0 Å². The number of aliphatic hydroxyl groups is 1. The molecule has 2 N–H and O–H groups in total. The third-order valence-electron chi connectivity index (χ3n) is 2.41. The lowest BCUT2D eigenvalue weighted by molar-refractivity contribution is 0.233. The average Bonchev–Trinajstić information content (AvgIpc) is 2.49. The van der Waals surface area contributed by atoms with Crippen LogP contribution in [0.3, 0.4) is 0 Å². The normalized spacial score (nSPS) is 11.1. The number of hydrogen-bond donors (Lipinski definition) is 2. The molecule has 0 aliphatic carbocycles. The molecule has 0 fully saturated rings. The van der Waals surface area contributed by atoms with Gasteiger partial charge < -0.3 is 9.84 Å². The van der Waals surface area contributed by atoms with Gasteiger partial charge in [-0.2, -0.15) is 5.10 Å². The van der Waals surface area contributed by atoms with Gasteiger partial charge in [-0.1, -0.05) is 0 Å². The van der Waals surface area contributed by atoms with Gasteiger partial charge in [0.1, 0.15) is 5.75 Å². The number of anilines is 1. The number of benzene rings is 1. The van der Waals surface area contributed by atoms with Gasteiger partial charge in [0.15, 0.2) is 0 Å². The quantitative estimate of drug-likeness (QED) is 0.713. The van der Waals surface area contributed by atoms with Gasteiger partial charge in [-0.25, -0.2) is 18.1 Å². The van der Waals surface area contributed by atoms with Crippen molar-refractivity contribution in [1.82, 2.24) is 15.2 Å². The fraction of sp³-hybridized carbons (Fsp3) is 0.250. The maximum Gasteiger partial charge on any atom is 0.264 e. The molecule has 9 heteroatoms. The highest BCUT2D eigenvalue weighted by atomic mass is 32.2.